The lowest BCUT2D eigenvalue weighted by atomic mass is 10.2. The number of carbonyl (C=O) groups excluding carboxylic acids is 4. The molecular weight excluding hydrogens is 721 g/mol. The Bertz CT molecular complexity index is 1440. The zero-order valence-electron chi connectivity index (χ0n) is 35.6. The van der Waals surface area contributed by atoms with Crippen molar-refractivity contribution in [2.45, 2.75) is 117 Å². The van der Waals surface area contributed by atoms with Crippen LogP contribution in [0, 0.1) is 0 Å². The van der Waals surface area contributed by atoms with Gasteiger partial charge in [-0.1, -0.05) is 148 Å². The van der Waals surface area contributed by atoms with Crippen molar-refractivity contribution in [3.63, 3.8) is 0 Å². The van der Waals surface area contributed by atoms with Crippen molar-refractivity contribution in [2.75, 3.05) is 26.2 Å². The fourth-order valence-corrected chi connectivity index (χ4v) is 4.82. The highest BCUT2D eigenvalue weighted by molar-refractivity contribution is 5.96. The minimum Gasteiger partial charge on any atom is -0.354 e. The summed E-state index contributed by atoms with van der Waals surface area (Å²) in [4.78, 5) is 48.0. The SMILES string of the molecule is CC/C=C\C/C=C\C/C=C\C/C=C\C/C=C\C/C=C\CCC(=O)NCCNC(=O)/C=C/C(=O)NCCNC(=O)CCC/C=C\C/C=C\C/C=C\C/C=C\C/C=C\CC. The van der Waals surface area contributed by atoms with Gasteiger partial charge in [-0.2, -0.15) is 0 Å². The summed E-state index contributed by atoms with van der Waals surface area (Å²) in [5.41, 5.74) is 0. The second kappa shape index (κ2) is 44.5. The van der Waals surface area contributed by atoms with Gasteiger partial charge in [0.2, 0.25) is 23.6 Å². The predicted octanol–water partition coefficient (Wildman–Crippen LogP) is 10.4. The highest BCUT2D eigenvalue weighted by atomic mass is 16.2. The molecule has 8 nitrogen and oxygen atoms in total. The molecule has 0 aromatic heterocycles. The number of carbonyl (C=O) groups is 4. The Hall–Kier alpha value is -5.24. The first kappa shape index (κ1) is 52.8. The van der Waals surface area contributed by atoms with Gasteiger partial charge in [0, 0.05) is 51.2 Å². The van der Waals surface area contributed by atoms with Gasteiger partial charge < -0.3 is 21.3 Å². The summed E-state index contributed by atoms with van der Waals surface area (Å²) in [7, 11) is 0. The van der Waals surface area contributed by atoms with E-state index in [9.17, 15) is 19.2 Å². The fourth-order valence-electron chi connectivity index (χ4n) is 4.82. The average molecular weight is 795 g/mol. The molecule has 0 aliphatic rings. The fraction of sp³-hybridized carbons (Fsp3) is 0.440. The average Bonchev–Trinajstić information content (AvgIpc) is 3.22. The molecule has 0 atom stereocenters. The van der Waals surface area contributed by atoms with E-state index in [1.807, 2.05) is 6.08 Å². The van der Waals surface area contributed by atoms with E-state index in [0.717, 1.165) is 95.6 Å². The lowest BCUT2D eigenvalue weighted by Gasteiger charge is -2.06. The van der Waals surface area contributed by atoms with Crippen LogP contribution in [0.15, 0.2) is 146 Å². The molecule has 0 radical (unpaired) electrons. The summed E-state index contributed by atoms with van der Waals surface area (Å²) in [5.74, 6) is -0.993. The Morgan fingerprint density at radius 2 is 0.603 bits per heavy atom. The van der Waals surface area contributed by atoms with Crippen LogP contribution in [0.3, 0.4) is 0 Å². The van der Waals surface area contributed by atoms with Crippen molar-refractivity contribution in [1.29, 1.82) is 0 Å². The van der Waals surface area contributed by atoms with Gasteiger partial charge in [0.25, 0.3) is 0 Å². The Balaban J connectivity index is 3.76. The number of hydrogen-bond donors (Lipinski definition) is 4. The van der Waals surface area contributed by atoms with E-state index >= 15 is 0 Å². The molecule has 0 aromatic rings. The summed E-state index contributed by atoms with van der Waals surface area (Å²) in [6, 6.07) is 0. The summed E-state index contributed by atoms with van der Waals surface area (Å²) in [5, 5.41) is 10.8. The molecule has 4 amide bonds. The zero-order chi connectivity index (χ0) is 42.3. The van der Waals surface area contributed by atoms with Crippen LogP contribution in [0.1, 0.15) is 117 Å². The molecule has 0 fully saturated rings. The second-order valence-electron chi connectivity index (χ2n) is 13.2. The molecule has 318 valence electrons. The van der Waals surface area contributed by atoms with E-state index in [1.165, 1.54) is 0 Å². The number of nitrogens with one attached hydrogen (secondary N) is 4. The van der Waals surface area contributed by atoms with Gasteiger partial charge in [-0.3, -0.25) is 19.2 Å². The van der Waals surface area contributed by atoms with E-state index in [4.69, 9.17) is 0 Å². The molecule has 0 rings (SSSR count). The van der Waals surface area contributed by atoms with Gasteiger partial charge in [-0.25, -0.2) is 0 Å². The van der Waals surface area contributed by atoms with Crippen molar-refractivity contribution >= 4 is 23.6 Å². The maximum absolute atomic E-state index is 12.0. The highest BCUT2D eigenvalue weighted by Crippen LogP contribution is 2.01. The van der Waals surface area contributed by atoms with Crippen LogP contribution in [-0.2, 0) is 19.2 Å². The monoisotopic (exact) mass is 795 g/mol. The van der Waals surface area contributed by atoms with Crippen LogP contribution in [-0.4, -0.2) is 49.8 Å². The number of allylic oxidation sites excluding steroid dienone is 22. The van der Waals surface area contributed by atoms with Gasteiger partial charge >= 0.3 is 0 Å². The molecule has 0 unspecified atom stereocenters. The highest BCUT2D eigenvalue weighted by Gasteiger charge is 2.02. The smallest absolute Gasteiger partial charge is 0.244 e. The molecule has 0 spiro atoms. The largest absolute Gasteiger partial charge is 0.354 e. The van der Waals surface area contributed by atoms with E-state index in [1.54, 1.807) is 0 Å². The number of rotatable bonds is 35. The van der Waals surface area contributed by atoms with Crippen LogP contribution in [0.25, 0.3) is 0 Å². The third-order valence-electron chi connectivity index (χ3n) is 7.95. The van der Waals surface area contributed by atoms with Gasteiger partial charge in [-0.05, 0) is 89.9 Å². The van der Waals surface area contributed by atoms with Crippen LogP contribution in [0.2, 0.25) is 0 Å². The summed E-state index contributed by atoms with van der Waals surface area (Å²) >= 11 is 0. The summed E-state index contributed by atoms with van der Waals surface area (Å²) in [6.07, 6.45) is 63.4. The van der Waals surface area contributed by atoms with Gasteiger partial charge in [0.15, 0.2) is 0 Å². The molecule has 0 aromatic carbocycles. The normalized spacial score (nSPS) is 12.8. The van der Waals surface area contributed by atoms with Crippen molar-refractivity contribution < 1.29 is 19.2 Å². The van der Waals surface area contributed by atoms with E-state index in [0.29, 0.717) is 32.4 Å². The van der Waals surface area contributed by atoms with Crippen molar-refractivity contribution in [2.24, 2.45) is 0 Å². The van der Waals surface area contributed by atoms with E-state index in [2.05, 4.69) is 163 Å². The van der Waals surface area contributed by atoms with Crippen LogP contribution in [0.4, 0.5) is 0 Å². The van der Waals surface area contributed by atoms with Crippen LogP contribution in [0.5, 0.6) is 0 Å². The van der Waals surface area contributed by atoms with Crippen molar-refractivity contribution in [3.8, 4) is 0 Å². The molecule has 0 bridgehead atoms. The zero-order valence-corrected chi connectivity index (χ0v) is 35.6. The van der Waals surface area contributed by atoms with Gasteiger partial charge in [0.05, 0.1) is 0 Å². The van der Waals surface area contributed by atoms with Gasteiger partial charge in [-0.15, -0.1) is 0 Å². The molecule has 8 heteroatoms. The molecule has 0 saturated carbocycles. The standard InChI is InChI=1S/C50H74N4O4/c1-3-5-7-9-11-13-15-17-19-21-22-24-26-28-30-32-34-36-38-40-48(56)52-44-46-54-50(58)42-41-49(57)53-45-43-51-47(55)39-37-35-33-31-29-27-25-23-20-18-16-14-12-10-8-6-4-2/h5-8,11-14,17-20,22,24-25,27-28,30-31,33-34,36,41-42H,3-4,9-10,15-16,21,23,26,29,32,35,37-40,43-46H2,1-2H3,(H,51,55)(H,52,56)(H,53,57)(H,54,58)/b7-5-,8-6-,13-11-,14-12-,19-17-,20-18-,24-22-,27-25-,30-28-,33-31-,36-34-,42-41+. The molecule has 58 heavy (non-hydrogen) atoms. The minimum atomic E-state index is -0.428. The Kier molecular flexibility index (Phi) is 40.5. The molecular formula is C50H74N4O4. The molecule has 0 aliphatic heterocycles. The van der Waals surface area contributed by atoms with Crippen LogP contribution >= 0.6 is 0 Å². The third-order valence-corrected chi connectivity index (χ3v) is 7.95. The second-order valence-corrected chi connectivity index (χ2v) is 13.2. The molecule has 0 saturated heterocycles. The lowest BCUT2D eigenvalue weighted by molar-refractivity contribution is -0.122. The van der Waals surface area contributed by atoms with Crippen LogP contribution < -0.4 is 21.3 Å². The Morgan fingerprint density at radius 3 is 0.948 bits per heavy atom. The van der Waals surface area contributed by atoms with E-state index < -0.39 is 11.8 Å². The number of amides is 4. The molecule has 0 aliphatic carbocycles. The van der Waals surface area contributed by atoms with Gasteiger partial charge in [0.1, 0.15) is 0 Å². The first-order chi connectivity index (χ1) is 28.5. The first-order valence-corrected chi connectivity index (χ1v) is 21.4. The number of hydrogen-bond acceptors (Lipinski definition) is 4. The molecule has 0 heterocycles. The summed E-state index contributed by atoms with van der Waals surface area (Å²) < 4.78 is 0. The Labute approximate surface area is 351 Å². The lowest BCUT2D eigenvalue weighted by Crippen LogP contribution is -2.35. The molecule has 4 N–H and O–H groups in total. The quantitative estimate of drug-likeness (QED) is 0.0290. The number of unbranched alkanes of at least 4 members (excludes halogenated alkanes) is 1. The Morgan fingerprint density at radius 1 is 0.328 bits per heavy atom. The predicted molar refractivity (Wildman–Crippen MR) is 247 cm³/mol. The topological polar surface area (TPSA) is 116 Å². The minimum absolute atomic E-state index is 0.0580. The maximum Gasteiger partial charge on any atom is 0.244 e. The maximum atomic E-state index is 12.0. The summed E-state index contributed by atoms with van der Waals surface area (Å²) in [6.45, 7) is 5.41. The van der Waals surface area contributed by atoms with Crippen molar-refractivity contribution in [1.82, 2.24) is 21.3 Å². The van der Waals surface area contributed by atoms with Crippen molar-refractivity contribution in [3.05, 3.63) is 146 Å². The van der Waals surface area contributed by atoms with E-state index in [-0.39, 0.29) is 24.9 Å². The third kappa shape index (κ3) is 43.5. The first-order valence-electron chi connectivity index (χ1n) is 21.4.